The zero-order chi connectivity index (χ0) is 13.8. The molecule has 0 bridgehead atoms. The Kier molecular flexibility index (Phi) is 5.36. The number of ether oxygens (including phenoxy) is 1. The van der Waals surface area contributed by atoms with Crippen LogP contribution in [0.25, 0.3) is 0 Å². The highest BCUT2D eigenvalue weighted by atomic mass is 16.5. The molecule has 0 radical (unpaired) electrons. The van der Waals surface area contributed by atoms with E-state index < -0.39 is 5.60 Å². The van der Waals surface area contributed by atoms with Gasteiger partial charge in [-0.25, -0.2) is 0 Å². The lowest BCUT2D eigenvalue weighted by Gasteiger charge is -2.23. The minimum Gasteiger partial charge on any atom is -0.388 e. The zero-order valence-electron chi connectivity index (χ0n) is 12.3. The molecule has 2 nitrogen and oxygen atoms in total. The van der Waals surface area contributed by atoms with Crippen molar-refractivity contribution in [2.75, 3.05) is 6.61 Å². The first-order chi connectivity index (χ1) is 8.33. The highest BCUT2D eigenvalue weighted by molar-refractivity contribution is 5.33. The van der Waals surface area contributed by atoms with Crippen molar-refractivity contribution in [1.29, 1.82) is 0 Å². The molecule has 0 aromatic heterocycles. The van der Waals surface area contributed by atoms with E-state index in [0.29, 0.717) is 6.61 Å². The van der Waals surface area contributed by atoms with Gasteiger partial charge < -0.3 is 9.84 Å². The van der Waals surface area contributed by atoms with Crippen LogP contribution in [0, 0.1) is 6.92 Å². The number of hydrogen-bond donors (Lipinski definition) is 1. The van der Waals surface area contributed by atoms with Gasteiger partial charge in [0.1, 0.15) is 0 Å². The lowest BCUT2D eigenvalue weighted by Crippen LogP contribution is -2.27. The Morgan fingerprint density at radius 2 is 2.00 bits per heavy atom. The minimum absolute atomic E-state index is 0.0265. The average molecular weight is 250 g/mol. The van der Waals surface area contributed by atoms with Crippen molar-refractivity contribution in [3.8, 4) is 0 Å². The van der Waals surface area contributed by atoms with Crippen LogP contribution in [0.15, 0.2) is 18.2 Å². The molecule has 0 saturated carbocycles. The van der Waals surface area contributed by atoms with Crippen molar-refractivity contribution in [2.45, 2.75) is 59.2 Å². The van der Waals surface area contributed by atoms with Gasteiger partial charge in [0, 0.05) is 0 Å². The van der Waals surface area contributed by atoms with Gasteiger partial charge in [-0.3, -0.25) is 0 Å². The second-order valence-electron chi connectivity index (χ2n) is 5.72. The Labute approximate surface area is 111 Å². The van der Waals surface area contributed by atoms with Gasteiger partial charge in [-0.1, -0.05) is 37.1 Å². The number of aliphatic hydroxyl groups is 1. The SMILES string of the molecule is CCCc1cc(C)ccc1C(C)OCC(C)(C)O. The van der Waals surface area contributed by atoms with Gasteiger partial charge in [0.05, 0.1) is 18.3 Å². The van der Waals surface area contributed by atoms with E-state index in [2.05, 4.69) is 39.0 Å². The molecule has 0 amide bonds. The summed E-state index contributed by atoms with van der Waals surface area (Å²) in [5.74, 6) is 0. The van der Waals surface area contributed by atoms with Crippen molar-refractivity contribution in [1.82, 2.24) is 0 Å². The van der Waals surface area contributed by atoms with E-state index in [1.807, 2.05) is 0 Å². The molecular formula is C16H26O2. The third-order valence-electron chi connectivity index (χ3n) is 2.94. The predicted octanol–water partition coefficient (Wildman–Crippen LogP) is 3.80. The smallest absolute Gasteiger partial charge is 0.0824 e. The molecule has 0 spiro atoms. The minimum atomic E-state index is -0.774. The molecule has 1 N–H and O–H groups in total. The molecule has 1 aromatic carbocycles. The monoisotopic (exact) mass is 250 g/mol. The van der Waals surface area contributed by atoms with E-state index in [4.69, 9.17) is 4.74 Å². The van der Waals surface area contributed by atoms with Crippen LogP contribution in [0.3, 0.4) is 0 Å². The fourth-order valence-electron chi connectivity index (χ4n) is 2.04. The van der Waals surface area contributed by atoms with Crippen molar-refractivity contribution in [3.63, 3.8) is 0 Å². The largest absolute Gasteiger partial charge is 0.388 e. The maximum atomic E-state index is 9.71. The first kappa shape index (κ1) is 15.2. The maximum absolute atomic E-state index is 9.71. The molecule has 0 aliphatic heterocycles. The van der Waals surface area contributed by atoms with Crippen molar-refractivity contribution in [3.05, 3.63) is 34.9 Å². The average Bonchev–Trinajstić information content (AvgIpc) is 2.25. The zero-order valence-corrected chi connectivity index (χ0v) is 12.3. The van der Waals surface area contributed by atoms with E-state index in [1.54, 1.807) is 13.8 Å². The fraction of sp³-hybridized carbons (Fsp3) is 0.625. The number of rotatable bonds is 6. The molecule has 1 atom stereocenters. The van der Waals surface area contributed by atoms with Gasteiger partial charge in [-0.2, -0.15) is 0 Å². The van der Waals surface area contributed by atoms with Gasteiger partial charge >= 0.3 is 0 Å². The third-order valence-corrected chi connectivity index (χ3v) is 2.94. The molecule has 2 heteroatoms. The topological polar surface area (TPSA) is 29.5 Å². The lowest BCUT2D eigenvalue weighted by molar-refractivity contribution is -0.0488. The van der Waals surface area contributed by atoms with Crippen molar-refractivity contribution < 1.29 is 9.84 Å². The van der Waals surface area contributed by atoms with Crippen LogP contribution in [0.1, 0.15) is 56.9 Å². The van der Waals surface area contributed by atoms with Gasteiger partial charge in [0.25, 0.3) is 0 Å². The maximum Gasteiger partial charge on any atom is 0.0824 e. The fourth-order valence-corrected chi connectivity index (χ4v) is 2.04. The summed E-state index contributed by atoms with van der Waals surface area (Å²) in [7, 11) is 0. The highest BCUT2D eigenvalue weighted by Gasteiger charge is 2.17. The normalized spacial score (nSPS) is 13.7. The molecule has 102 valence electrons. The molecule has 0 heterocycles. The van der Waals surface area contributed by atoms with Gasteiger partial charge in [0.15, 0.2) is 0 Å². The first-order valence-electron chi connectivity index (χ1n) is 6.77. The van der Waals surface area contributed by atoms with Gasteiger partial charge in [-0.15, -0.1) is 0 Å². The van der Waals surface area contributed by atoms with Crippen LogP contribution in [0.2, 0.25) is 0 Å². The van der Waals surface area contributed by atoms with E-state index >= 15 is 0 Å². The lowest BCUT2D eigenvalue weighted by atomic mass is 9.97. The summed E-state index contributed by atoms with van der Waals surface area (Å²) in [5, 5.41) is 9.71. The van der Waals surface area contributed by atoms with E-state index in [-0.39, 0.29) is 6.10 Å². The molecule has 1 rings (SSSR count). The summed E-state index contributed by atoms with van der Waals surface area (Å²) in [4.78, 5) is 0. The van der Waals surface area contributed by atoms with E-state index in [0.717, 1.165) is 12.8 Å². The van der Waals surface area contributed by atoms with Crippen LogP contribution in [-0.4, -0.2) is 17.3 Å². The molecule has 0 fully saturated rings. The molecule has 0 aliphatic rings. The first-order valence-corrected chi connectivity index (χ1v) is 6.77. The summed E-state index contributed by atoms with van der Waals surface area (Å²) in [6.45, 7) is 10.2. The van der Waals surface area contributed by atoms with Crippen LogP contribution in [0.4, 0.5) is 0 Å². The molecular weight excluding hydrogens is 224 g/mol. The summed E-state index contributed by atoms with van der Waals surface area (Å²) >= 11 is 0. The molecule has 0 aliphatic carbocycles. The molecule has 1 unspecified atom stereocenters. The van der Waals surface area contributed by atoms with Crippen molar-refractivity contribution in [2.24, 2.45) is 0 Å². The second-order valence-corrected chi connectivity index (χ2v) is 5.72. The molecule has 18 heavy (non-hydrogen) atoms. The molecule has 1 aromatic rings. The Hall–Kier alpha value is -0.860. The van der Waals surface area contributed by atoms with Gasteiger partial charge in [0.2, 0.25) is 0 Å². The Bertz CT molecular complexity index is 377. The number of aryl methyl sites for hydroxylation is 2. The summed E-state index contributed by atoms with van der Waals surface area (Å²) < 4.78 is 5.77. The molecule has 0 saturated heterocycles. The third kappa shape index (κ3) is 4.79. The summed E-state index contributed by atoms with van der Waals surface area (Å²) in [6, 6.07) is 6.51. The van der Waals surface area contributed by atoms with Crippen molar-refractivity contribution >= 4 is 0 Å². The summed E-state index contributed by atoms with van der Waals surface area (Å²) in [6.07, 6.45) is 2.24. The van der Waals surface area contributed by atoms with Crippen LogP contribution < -0.4 is 0 Å². The highest BCUT2D eigenvalue weighted by Crippen LogP contribution is 2.24. The van der Waals surface area contributed by atoms with Crippen LogP contribution in [0.5, 0.6) is 0 Å². The standard InChI is InChI=1S/C16H26O2/c1-6-7-14-10-12(2)8-9-15(14)13(3)18-11-16(4,5)17/h8-10,13,17H,6-7,11H2,1-5H3. The van der Waals surface area contributed by atoms with Gasteiger partial charge in [-0.05, 0) is 45.2 Å². The quantitative estimate of drug-likeness (QED) is 0.832. The summed E-state index contributed by atoms with van der Waals surface area (Å²) in [5.41, 5.74) is 3.12. The number of benzene rings is 1. The predicted molar refractivity (Wildman–Crippen MR) is 75.8 cm³/mol. The Morgan fingerprint density at radius 3 is 2.56 bits per heavy atom. The van der Waals surface area contributed by atoms with E-state index in [9.17, 15) is 5.11 Å². The second kappa shape index (κ2) is 6.35. The number of hydrogen-bond acceptors (Lipinski definition) is 2. The van der Waals surface area contributed by atoms with E-state index in [1.165, 1.54) is 16.7 Å². The van der Waals surface area contributed by atoms with Crippen LogP contribution >= 0.6 is 0 Å². The Balaban J connectivity index is 2.80. The Morgan fingerprint density at radius 1 is 1.33 bits per heavy atom. The van der Waals surface area contributed by atoms with Crippen LogP contribution in [-0.2, 0) is 11.2 Å².